The van der Waals surface area contributed by atoms with Gasteiger partial charge < -0.3 is 9.73 Å². The van der Waals surface area contributed by atoms with E-state index in [0.29, 0.717) is 17.3 Å². The van der Waals surface area contributed by atoms with Gasteiger partial charge in [0.15, 0.2) is 0 Å². The first-order valence-electron chi connectivity index (χ1n) is 9.47. The molecule has 4 rings (SSSR count). The first kappa shape index (κ1) is 18.6. The Morgan fingerprint density at radius 1 is 0.828 bits per heavy atom. The number of hydrogen-bond donors (Lipinski definition) is 1. The SMILES string of the molecule is Cc1ccccc1C(C)NC(=O)c1ccc(-c2nnc(-c3ccccc3)o2)cc1. The van der Waals surface area contributed by atoms with Crippen LogP contribution in [0.25, 0.3) is 22.9 Å². The fraction of sp³-hybridized carbons (Fsp3) is 0.125. The van der Waals surface area contributed by atoms with Crippen molar-refractivity contribution in [2.45, 2.75) is 19.9 Å². The summed E-state index contributed by atoms with van der Waals surface area (Å²) in [4.78, 5) is 12.6. The summed E-state index contributed by atoms with van der Waals surface area (Å²) in [6, 6.07) is 24.7. The molecule has 144 valence electrons. The van der Waals surface area contributed by atoms with Crippen molar-refractivity contribution in [1.29, 1.82) is 0 Å². The molecule has 1 amide bonds. The second kappa shape index (κ2) is 8.10. The topological polar surface area (TPSA) is 68.0 Å². The monoisotopic (exact) mass is 383 g/mol. The maximum atomic E-state index is 12.6. The lowest BCUT2D eigenvalue weighted by Crippen LogP contribution is -2.27. The summed E-state index contributed by atoms with van der Waals surface area (Å²) in [5.74, 6) is 0.765. The predicted octanol–water partition coefficient (Wildman–Crippen LogP) is 5.20. The zero-order valence-corrected chi connectivity index (χ0v) is 16.3. The molecule has 0 aliphatic carbocycles. The molecule has 0 saturated heterocycles. The molecule has 0 spiro atoms. The minimum absolute atomic E-state index is 0.0762. The number of rotatable bonds is 5. The van der Waals surface area contributed by atoms with Gasteiger partial charge in [0.05, 0.1) is 6.04 Å². The van der Waals surface area contributed by atoms with Gasteiger partial charge in [-0.15, -0.1) is 10.2 Å². The van der Waals surface area contributed by atoms with E-state index in [2.05, 4.69) is 15.5 Å². The molecule has 1 N–H and O–H groups in total. The lowest BCUT2D eigenvalue weighted by Gasteiger charge is -2.16. The highest BCUT2D eigenvalue weighted by Crippen LogP contribution is 2.24. The molecule has 3 aromatic carbocycles. The summed E-state index contributed by atoms with van der Waals surface area (Å²) in [5.41, 5.74) is 4.48. The molecule has 4 aromatic rings. The van der Waals surface area contributed by atoms with Crippen LogP contribution in [0, 0.1) is 6.92 Å². The summed E-state index contributed by atoms with van der Waals surface area (Å²) in [5, 5.41) is 11.3. The molecule has 29 heavy (non-hydrogen) atoms. The van der Waals surface area contributed by atoms with Crippen LogP contribution in [0.1, 0.15) is 34.5 Å². The minimum Gasteiger partial charge on any atom is -0.416 e. The maximum absolute atomic E-state index is 12.6. The third-order valence-electron chi connectivity index (χ3n) is 4.84. The molecule has 5 nitrogen and oxygen atoms in total. The average molecular weight is 383 g/mol. The molecule has 0 saturated carbocycles. The van der Waals surface area contributed by atoms with Crippen molar-refractivity contribution in [3.8, 4) is 22.9 Å². The van der Waals surface area contributed by atoms with Crippen molar-refractivity contribution < 1.29 is 9.21 Å². The van der Waals surface area contributed by atoms with Gasteiger partial charge in [-0.3, -0.25) is 4.79 Å². The molecule has 0 fully saturated rings. The quantitative estimate of drug-likeness (QED) is 0.514. The van der Waals surface area contributed by atoms with Gasteiger partial charge in [-0.2, -0.15) is 0 Å². The van der Waals surface area contributed by atoms with Crippen molar-refractivity contribution in [3.63, 3.8) is 0 Å². The Kier molecular flexibility index (Phi) is 5.20. The van der Waals surface area contributed by atoms with E-state index in [0.717, 1.165) is 22.3 Å². The number of amides is 1. The van der Waals surface area contributed by atoms with E-state index in [1.165, 1.54) is 0 Å². The number of aryl methyl sites for hydroxylation is 1. The standard InChI is InChI=1S/C24H21N3O2/c1-16-8-6-7-11-21(16)17(2)25-22(28)18-12-14-20(15-13-18)24-27-26-23(29-24)19-9-4-3-5-10-19/h3-15,17H,1-2H3,(H,25,28). The second-order valence-electron chi connectivity index (χ2n) is 6.91. The van der Waals surface area contributed by atoms with Crippen molar-refractivity contribution in [2.75, 3.05) is 0 Å². The smallest absolute Gasteiger partial charge is 0.251 e. The maximum Gasteiger partial charge on any atom is 0.251 e. The minimum atomic E-state index is -0.122. The van der Waals surface area contributed by atoms with Gasteiger partial charge >= 0.3 is 0 Å². The molecule has 0 bridgehead atoms. The van der Waals surface area contributed by atoms with Crippen LogP contribution in [0.15, 0.2) is 83.3 Å². The molecular formula is C24H21N3O2. The van der Waals surface area contributed by atoms with Crippen LogP contribution in [-0.4, -0.2) is 16.1 Å². The van der Waals surface area contributed by atoms with Gasteiger partial charge in [0.25, 0.3) is 5.91 Å². The Morgan fingerprint density at radius 3 is 2.07 bits per heavy atom. The number of nitrogens with one attached hydrogen (secondary N) is 1. The Bertz CT molecular complexity index is 1120. The number of carbonyl (C=O) groups excluding carboxylic acids is 1. The largest absolute Gasteiger partial charge is 0.416 e. The van der Waals surface area contributed by atoms with Gasteiger partial charge in [0.2, 0.25) is 11.8 Å². The lowest BCUT2D eigenvalue weighted by atomic mass is 10.0. The van der Waals surface area contributed by atoms with E-state index in [4.69, 9.17) is 4.42 Å². The average Bonchev–Trinajstić information content (AvgIpc) is 3.25. The molecule has 1 atom stereocenters. The fourth-order valence-electron chi connectivity index (χ4n) is 3.23. The van der Waals surface area contributed by atoms with E-state index in [1.807, 2.05) is 80.6 Å². The van der Waals surface area contributed by atoms with E-state index in [9.17, 15) is 4.79 Å². The Morgan fingerprint density at radius 2 is 1.41 bits per heavy atom. The Labute approximate surface area is 169 Å². The van der Waals surface area contributed by atoms with Crippen LogP contribution >= 0.6 is 0 Å². The van der Waals surface area contributed by atoms with E-state index in [1.54, 1.807) is 12.1 Å². The highest BCUT2D eigenvalue weighted by molar-refractivity contribution is 5.94. The zero-order valence-electron chi connectivity index (χ0n) is 16.3. The third-order valence-corrected chi connectivity index (χ3v) is 4.84. The van der Waals surface area contributed by atoms with Crippen LogP contribution < -0.4 is 5.32 Å². The summed E-state index contributed by atoms with van der Waals surface area (Å²) in [6.07, 6.45) is 0. The van der Waals surface area contributed by atoms with E-state index >= 15 is 0 Å². The Balaban J connectivity index is 1.47. The van der Waals surface area contributed by atoms with Crippen molar-refractivity contribution in [2.24, 2.45) is 0 Å². The molecule has 0 radical (unpaired) electrons. The van der Waals surface area contributed by atoms with Crippen LogP contribution in [-0.2, 0) is 0 Å². The molecule has 0 aliphatic rings. The van der Waals surface area contributed by atoms with Crippen LogP contribution in [0.2, 0.25) is 0 Å². The van der Waals surface area contributed by atoms with E-state index in [-0.39, 0.29) is 11.9 Å². The second-order valence-corrected chi connectivity index (χ2v) is 6.91. The first-order valence-corrected chi connectivity index (χ1v) is 9.47. The summed E-state index contributed by atoms with van der Waals surface area (Å²) in [6.45, 7) is 4.03. The van der Waals surface area contributed by atoms with Gasteiger partial charge in [0.1, 0.15) is 0 Å². The summed E-state index contributed by atoms with van der Waals surface area (Å²) < 4.78 is 5.77. The number of carbonyl (C=O) groups is 1. The molecule has 1 heterocycles. The number of benzene rings is 3. The zero-order chi connectivity index (χ0) is 20.2. The number of hydrogen-bond acceptors (Lipinski definition) is 4. The molecule has 5 heteroatoms. The highest BCUT2D eigenvalue weighted by atomic mass is 16.4. The molecule has 0 aliphatic heterocycles. The number of aromatic nitrogens is 2. The Hall–Kier alpha value is -3.73. The predicted molar refractivity (Wildman–Crippen MR) is 112 cm³/mol. The van der Waals surface area contributed by atoms with Crippen LogP contribution in [0.5, 0.6) is 0 Å². The van der Waals surface area contributed by atoms with Crippen LogP contribution in [0.4, 0.5) is 0 Å². The highest BCUT2D eigenvalue weighted by Gasteiger charge is 2.14. The summed E-state index contributed by atoms with van der Waals surface area (Å²) >= 11 is 0. The third kappa shape index (κ3) is 4.09. The number of nitrogens with zero attached hydrogens (tertiary/aromatic N) is 2. The van der Waals surface area contributed by atoms with Gasteiger partial charge in [-0.05, 0) is 61.4 Å². The van der Waals surface area contributed by atoms with Gasteiger partial charge in [-0.25, -0.2) is 0 Å². The molecular weight excluding hydrogens is 362 g/mol. The summed E-state index contributed by atoms with van der Waals surface area (Å²) in [7, 11) is 0. The van der Waals surface area contributed by atoms with Gasteiger partial charge in [-0.1, -0.05) is 42.5 Å². The first-order chi connectivity index (χ1) is 14.1. The van der Waals surface area contributed by atoms with Crippen molar-refractivity contribution in [3.05, 3.63) is 95.6 Å². The van der Waals surface area contributed by atoms with Crippen molar-refractivity contribution in [1.82, 2.24) is 15.5 Å². The van der Waals surface area contributed by atoms with Gasteiger partial charge in [0, 0.05) is 16.7 Å². The van der Waals surface area contributed by atoms with E-state index < -0.39 is 0 Å². The van der Waals surface area contributed by atoms with Crippen LogP contribution in [0.3, 0.4) is 0 Å². The molecule has 1 aromatic heterocycles. The fourth-order valence-corrected chi connectivity index (χ4v) is 3.23. The lowest BCUT2D eigenvalue weighted by molar-refractivity contribution is 0.0940. The normalized spacial score (nSPS) is 11.8. The molecule has 1 unspecified atom stereocenters. The van der Waals surface area contributed by atoms with Crippen molar-refractivity contribution >= 4 is 5.91 Å².